The Balaban J connectivity index is 2.39. The molecule has 0 radical (unpaired) electrons. The van der Waals surface area contributed by atoms with Gasteiger partial charge in [-0.1, -0.05) is 20.8 Å². The zero-order chi connectivity index (χ0) is 13.1. The Bertz CT molecular complexity index is 267. The van der Waals surface area contributed by atoms with E-state index in [1.54, 1.807) is 6.92 Å². The standard InChI is InChI=1S/C13H26N2O2/c1-10(8-14)11(16)15-9-13(17)6-4-12(2,3)5-7-13/h10,17H,4-9,14H2,1-3H3,(H,15,16). The van der Waals surface area contributed by atoms with E-state index >= 15 is 0 Å². The van der Waals surface area contributed by atoms with Crippen LogP contribution in [0.2, 0.25) is 0 Å². The average molecular weight is 242 g/mol. The van der Waals surface area contributed by atoms with E-state index in [1.807, 2.05) is 0 Å². The Morgan fingerprint density at radius 3 is 2.35 bits per heavy atom. The lowest BCUT2D eigenvalue weighted by atomic mass is 9.71. The summed E-state index contributed by atoms with van der Waals surface area (Å²) >= 11 is 0. The normalized spacial score (nSPS) is 24.1. The Hall–Kier alpha value is -0.610. The molecule has 4 nitrogen and oxygen atoms in total. The Labute approximate surface area is 104 Å². The molecule has 0 aromatic heterocycles. The monoisotopic (exact) mass is 242 g/mol. The van der Waals surface area contributed by atoms with Crippen molar-refractivity contribution in [1.82, 2.24) is 5.32 Å². The van der Waals surface area contributed by atoms with Crippen LogP contribution in [-0.2, 0) is 4.79 Å². The SMILES string of the molecule is CC(CN)C(=O)NCC1(O)CCC(C)(C)CC1. The van der Waals surface area contributed by atoms with Gasteiger partial charge in [0, 0.05) is 19.0 Å². The van der Waals surface area contributed by atoms with Crippen molar-refractivity contribution in [2.75, 3.05) is 13.1 Å². The lowest BCUT2D eigenvalue weighted by Gasteiger charge is -2.40. The van der Waals surface area contributed by atoms with Crippen LogP contribution in [0.1, 0.15) is 46.5 Å². The second-order valence-corrected chi connectivity index (χ2v) is 6.24. The lowest BCUT2D eigenvalue weighted by molar-refractivity contribution is -0.126. The Morgan fingerprint density at radius 1 is 1.35 bits per heavy atom. The van der Waals surface area contributed by atoms with Crippen molar-refractivity contribution in [3.05, 3.63) is 0 Å². The van der Waals surface area contributed by atoms with Gasteiger partial charge in [-0.2, -0.15) is 0 Å². The van der Waals surface area contributed by atoms with Crippen molar-refractivity contribution in [2.24, 2.45) is 17.1 Å². The van der Waals surface area contributed by atoms with E-state index in [9.17, 15) is 9.90 Å². The van der Waals surface area contributed by atoms with Crippen LogP contribution in [0.3, 0.4) is 0 Å². The van der Waals surface area contributed by atoms with Crippen molar-refractivity contribution in [3.63, 3.8) is 0 Å². The van der Waals surface area contributed by atoms with Crippen LogP contribution in [0.4, 0.5) is 0 Å². The number of carbonyl (C=O) groups excluding carboxylic acids is 1. The largest absolute Gasteiger partial charge is 0.388 e. The second-order valence-electron chi connectivity index (χ2n) is 6.24. The highest BCUT2D eigenvalue weighted by Crippen LogP contribution is 2.39. The van der Waals surface area contributed by atoms with Crippen molar-refractivity contribution in [2.45, 2.75) is 52.1 Å². The summed E-state index contributed by atoms with van der Waals surface area (Å²) in [6.45, 7) is 6.94. The number of hydrogen-bond acceptors (Lipinski definition) is 3. The molecule has 1 fully saturated rings. The van der Waals surface area contributed by atoms with Gasteiger partial charge in [-0.3, -0.25) is 4.79 Å². The van der Waals surface area contributed by atoms with Gasteiger partial charge in [0.2, 0.25) is 5.91 Å². The molecule has 1 aliphatic carbocycles. The second kappa shape index (κ2) is 5.36. The maximum absolute atomic E-state index is 11.6. The minimum atomic E-state index is -0.723. The van der Waals surface area contributed by atoms with Crippen LogP contribution < -0.4 is 11.1 Å². The number of nitrogens with two attached hydrogens (primary N) is 1. The minimum absolute atomic E-state index is 0.0641. The van der Waals surface area contributed by atoms with Gasteiger partial charge in [0.1, 0.15) is 0 Å². The first kappa shape index (κ1) is 14.5. The van der Waals surface area contributed by atoms with Gasteiger partial charge in [-0.25, -0.2) is 0 Å². The first-order valence-corrected chi connectivity index (χ1v) is 6.48. The number of amides is 1. The molecule has 1 saturated carbocycles. The zero-order valence-corrected chi connectivity index (χ0v) is 11.3. The molecule has 1 unspecified atom stereocenters. The zero-order valence-electron chi connectivity index (χ0n) is 11.3. The van der Waals surface area contributed by atoms with Crippen molar-refractivity contribution in [1.29, 1.82) is 0 Å². The molecule has 1 atom stereocenters. The minimum Gasteiger partial charge on any atom is -0.388 e. The number of aliphatic hydroxyl groups is 1. The maximum Gasteiger partial charge on any atom is 0.224 e. The van der Waals surface area contributed by atoms with Crippen molar-refractivity contribution in [3.8, 4) is 0 Å². The van der Waals surface area contributed by atoms with E-state index in [1.165, 1.54) is 0 Å². The summed E-state index contributed by atoms with van der Waals surface area (Å²) in [6, 6.07) is 0. The molecular formula is C13H26N2O2. The third-order valence-corrected chi connectivity index (χ3v) is 3.93. The van der Waals surface area contributed by atoms with Gasteiger partial charge in [0.05, 0.1) is 5.60 Å². The highest BCUT2D eigenvalue weighted by Gasteiger charge is 2.36. The predicted molar refractivity (Wildman–Crippen MR) is 68.4 cm³/mol. The molecule has 0 aliphatic heterocycles. The van der Waals surface area contributed by atoms with Gasteiger partial charge in [0.15, 0.2) is 0 Å². The number of carbonyl (C=O) groups is 1. The van der Waals surface area contributed by atoms with Crippen LogP contribution in [0.25, 0.3) is 0 Å². The first-order valence-electron chi connectivity index (χ1n) is 6.48. The van der Waals surface area contributed by atoms with E-state index in [-0.39, 0.29) is 11.8 Å². The Kier molecular flexibility index (Phi) is 4.55. The molecule has 17 heavy (non-hydrogen) atoms. The summed E-state index contributed by atoms with van der Waals surface area (Å²) in [4.78, 5) is 11.6. The lowest BCUT2D eigenvalue weighted by Crippen LogP contribution is -2.48. The van der Waals surface area contributed by atoms with Crippen LogP contribution >= 0.6 is 0 Å². The molecule has 0 spiro atoms. The van der Waals surface area contributed by atoms with Gasteiger partial charge >= 0.3 is 0 Å². The fraction of sp³-hybridized carbons (Fsp3) is 0.923. The Morgan fingerprint density at radius 2 is 1.88 bits per heavy atom. The summed E-state index contributed by atoms with van der Waals surface area (Å²) in [5.74, 6) is -0.246. The van der Waals surface area contributed by atoms with Gasteiger partial charge in [-0.05, 0) is 31.1 Å². The first-order chi connectivity index (χ1) is 7.78. The third kappa shape index (κ3) is 4.28. The van der Waals surface area contributed by atoms with Crippen LogP contribution in [-0.4, -0.2) is 29.7 Å². The summed E-state index contributed by atoms with van der Waals surface area (Å²) in [7, 11) is 0. The summed E-state index contributed by atoms with van der Waals surface area (Å²) in [6.07, 6.45) is 3.53. The van der Waals surface area contributed by atoms with Crippen LogP contribution in [0, 0.1) is 11.3 Å². The van der Waals surface area contributed by atoms with Crippen LogP contribution in [0.5, 0.6) is 0 Å². The molecule has 1 amide bonds. The van der Waals surface area contributed by atoms with E-state index in [0.29, 0.717) is 18.5 Å². The highest BCUT2D eigenvalue weighted by molar-refractivity contribution is 5.78. The molecule has 100 valence electrons. The summed E-state index contributed by atoms with van der Waals surface area (Å²) < 4.78 is 0. The van der Waals surface area contributed by atoms with E-state index in [2.05, 4.69) is 19.2 Å². The summed E-state index contributed by atoms with van der Waals surface area (Å²) in [5.41, 5.74) is 5.02. The average Bonchev–Trinajstić information content (AvgIpc) is 2.30. The van der Waals surface area contributed by atoms with E-state index in [0.717, 1.165) is 25.7 Å². The van der Waals surface area contributed by atoms with Gasteiger partial charge in [-0.15, -0.1) is 0 Å². The molecule has 1 aliphatic rings. The molecule has 4 N–H and O–H groups in total. The molecule has 0 bridgehead atoms. The van der Waals surface area contributed by atoms with E-state index in [4.69, 9.17) is 5.73 Å². The van der Waals surface area contributed by atoms with Gasteiger partial charge in [0.25, 0.3) is 0 Å². The van der Waals surface area contributed by atoms with E-state index < -0.39 is 5.60 Å². The molecule has 0 aromatic carbocycles. The molecule has 1 rings (SSSR count). The summed E-state index contributed by atoms with van der Waals surface area (Å²) in [5, 5.41) is 13.2. The van der Waals surface area contributed by atoms with Crippen molar-refractivity contribution < 1.29 is 9.90 Å². The van der Waals surface area contributed by atoms with Gasteiger partial charge < -0.3 is 16.2 Å². The topological polar surface area (TPSA) is 75.4 Å². The van der Waals surface area contributed by atoms with Crippen molar-refractivity contribution >= 4 is 5.91 Å². The quantitative estimate of drug-likeness (QED) is 0.689. The molecule has 4 heteroatoms. The smallest absolute Gasteiger partial charge is 0.224 e. The number of nitrogens with one attached hydrogen (secondary N) is 1. The molecule has 0 aromatic rings. The fourth-order valence-corrected chi connectivity index (χ4v) is 2.10. The van der Waals surface area contributed by atoms with Crippen LogP contribution in [0.15, 0.2) is 0 Å². The fourth-order valence-electron chi connectivity index (χ4n) is 2.10. The molecular weight excluding hydrogens is 216 g/mol. The number of hydrogen-bond donors (Lipinski definition) is 3. The molecule has 0 saturated heterocycles. The predicted octanol–water partition coefficient (Wildman–Crippen LogP) is 1.03. The maximum atomic E-state index is 11.6. The number of rotatable bonds is 4. The highest BCUT2D eigenvalue weighted by atomic mass is 16.3. The molecule has 0 heterocycles. The third-order valence-electron chi connectivity index (χ3n) is 3.93.